The number of carbonyl (C=O) groups excluding carboxylic acids is 2. The molecule has 3 heterocycles. The monoisotopic (exact) mass is 416 g/mol. The summed E-state index contributed by atoms with van der Waals surface area (Å²) in [5.74, 6) is -0.0437. The van der Waals surface area contributed by atoms with Gasteiger partial charge in [-0.05, 0) is 36.8 Å². The molecule has 1 saturated carbocycles. The lowest BCUT2D eigenvalue weighted by Gasteiger charge is -2.35. The maximum atomic E-state index is 12.6. The number of hydroxylamine groups is 3. The first-order chi connectivity index (χ1) is 13.2. The van der Waals surface area contributed by atoms with E-state index in [1.807, 2.05) is 0 Å². The van der Waals surface area contributed by atoms with Gasteiger partial charge in [0.15, 0.2) is 0 Å². The Labute approximate surface area is 160 Å². The van der Waals surface area contributed by atoms with E-state index in [2.05, 4.69) is 9.76 Å². The molecule has 3 unspecified atom stereocenters. The number of fused-ring (bicyclic) bond motifs is 3. The van der Waals surface area contributed by atoms with Gasteiger partial charge in [0.05, 0.1) is 25.0 Å². The third-order valence-electron chi connectivity index (χ3n) is 5.48. The smallest absolute Gasteiger partial charge is 0.418 e. The number of carbonyl (C=O) groups is 2. The highest BCUT2D eigenvalue weighted by Crippen LogP contribution is 2.59. The number of nitrogens with zero attached hydrogens (tertiary/aromatic N) is 2. The van der Waals surface area contributed by atoms with Crippen molar-refractivity contribution in [3.63, 3.8) is 0 Å². The van der Waals surface area contributed by atoms with Crippen LogP contribution >= 0.6 is 0 Å². The lowest BCUT2D eigenvalue weighted by atomic mass is 9.85. The number of rotatable bonds is 7. The quantitative estimate of drug-likeness (QED) is 0.400. The highest BCUT2D eigenvalue weighted by molar-refractivity contribution is 7.80. The van der Waals surface area contributed by atoms with Gasteiger partial charge in [0.2, 0.25) is 0 Å². The number of nitrogens with two attached hydrogens (primary N) is 1. The number of hydrogen-bond acceptors (Lipinski definition) is 8. The Balaban J connectivity index is 1.40. The van der Waals surface area contributed by atoms with Gasteiger partial charge in [-0.1, -0.05) is 0 Å². The summed E-state index contributed by atoms with van der Waals surface area (Å²) in [7, 11) is -4.85. The number of piperidine rings is 1. The molecule has 3 fully saturated rings. The van der Waals surface area contributed by atoms with E-state index < -0.39 is 45.9 Å². The molecule has 13 heteroatoms. The van der Waals surface area contributed by atoms with Gasteiger partial charge in [-0.2, -0.15) is 13.5 Å². The van der Waals surface area contributed by atoms with E-state index in [-0.39, 0.29) is 13.2 Å². The second kappa shape index (κ2) is 6.70. The molecule has 4 N–H and O–H groups in total. The normalized spacial score (nSPS) is 26.6. The van der Waals surface area contributed by atoms with Gasteiger partial charge in [-0.15, -0.1) is 4.28 Å². The molecule has 2 bridgehead atoms. The fraction of sp³-hybridized carbons (Fsp3) is 0.600. The van der Waals surface area contributed by atoms with E-state index in [0.717, 1.165) is 12.8 Å². The molecule has 1 aliphatic carbocycles. The first-order valence-electron chi connectivity index (χ1n) is 8.68. The van der Waals surface area contributed by atoms with Gasteiger partial charge in [0.1, 0.15) is 11.8 Å². The fourth-order valence-electron chi connectivity index (χ4n) is 3.91. The Hall–Kier alpha value is -2.19. The van der Waals surface area contributed by atoms with Gasteiger partial charge < -0.3 is 15.1 Å². The Morgan fingerprint density at radius 1 is 1.50 bits per heavy atom. The molecule has 28 heavy (non-hydrogen) atoms. The van der Waals surface area contributed by atoms with Crippen LogP contribution in [0.5, 0.6) is 0 Å². The van der Waals surface area contributed by atoms with Gasteiger partial charge in [0, 0.05) is 6.54 Å². The van der Waals surface area contributed by atoms with Crippen LogP contribution in [0.15, 0.2) is 22.8 Å². The number of nitrogens with one attached hydrogen (secondary N) is 1. The average molecular weight is 416 g/mol. The van der Waals surface area contributed by atoms with E-state index in [0.29, 0.717) is 17.2 Å². The summed E-state index contributed by atoms with van der Waals surface area (Å²) >= 11 is 0. The van der Waals surface area contributed by atoms with Gasteiger partial charge >= 0.3 is 16.4 Å². The molecular weight excluding hydrogens is 396 g/mol. The predicted octanol–water partition coefficient (Wildman–Crippen LogP) is -0.280. The summed E-state index contributed by atoms with van der Waals surface area (Å²) in [4.78, 5) is 31.5. The summed E-state index contributed by atoms with van der Waals surface area (Å²) in [6.45, 7) is 0.0873. The zero-order chi connectivity index (χ0) is 20.1. The Morgan fingerprint density at radius 3 is 2.86 bits per heavy atom. The molecule has 3 atom stereocenters. The fourth-order valence-corrected chi connectivity index (χ4v) is 4.28. The zero-order valence-corrected chi connectivity index (χ0v) is 15.5. The van der Waals surface area contributed by atoms with Gasteiger partial charge in [-0.3, -0.25) is 14.2 Å². The van der Waals surface area contributed by atoms with Crippen LogP contribution in [0.4, 0.5) is 4.79 Å². The molecule has 4 rings (SSSR count). The van der Waals surface area contributed by atoms with Crippen molar-refractivity contribution in [1.29, 1.82) is 0 Å². The van der Waals surface area contributed by atoms with Gasteiger partial charge in [0.25, 0.3) is 5.91 Å². The van der Waals surface area contributed by atoms with Crippen molar-refractivity contribution in [2.24, 2.45) is 11.1 Å². The number of urea groups is 1. The van der Waals surface area contributed by atoms with E-state index in [4.69, 9.17) is 19.5 Å². The van der Waals surface area contributed by atoms with Crippen LogP contribution in [0.2, 0.25) is 0 Å². The van der Waals surface area contributed by atoms with Crippen LogP contribution in [0.25, 0.3) is 0 Å². The first-order valence-corrected chi connectivity index (χ1v) is 10.0. The summed E-state index contributed by atoms with van der Waals surface area (Å²) < 4.78 is 40.7. The molecule has 3 amide bonds. The standard InChI is InChI=1S/C15H20N4O8S/c16-9(11-2-1-5-25-11)8-26-17-13(20)10-6-15(3-4-15)12-7-18(10)14(21)19(12)27-28(22,23)24/h1-2,5,9-10,12H,3-4,6-8,16H2,(H,17,20)(H,22,23,24). The third-order valence-corrected chi connectivity index (χ3v) is 5.83. The largest absolute Gasteiger partial charge is 0.468 e. The Bertz CT molecular complexity index is 869. The lowest BCUT2D eigenvalue weighted by Crippen LogP contribution is -2.52. The highest BCUT2D eigenvalue weighted by atomic mass is 32.3. The van der Waals surface area contributed by atoms with Crippen LogP contribution in [-0.2, 0) is 24.3 Å². The minimum atomic E-state index is -4.85. The molecule has 154 valence electrons. The summed E-state index contributed by atoms with van der Waals surface area (Å²) in [6, 6.07) is 0.605. The summed E-state index contributed by atoms with van der Waals surface area (Å²) in [5, 5.41) is 0.656. The maximum absolute atomic E-state index is 12.6. The Kier molecular flexibility index (Phi) is 4.58. The SMILES string of the molecule is NC(CONC(=O)C1CC2(CC2)C2CN1C(=O)N2OS(=O)(=O)O)c1ccco1. The molecule has 0 aromatic carbocycles. The first kappa shape index (κ1) is 19.1. The van der Waals surface area contributed by atoms with Crippen molar-refractivity contribution in [1.82, 2.24) is 15.4 Å². The van der Waals surface area contributed by atoms with E-state index in [1.54, 1.807) is 12.1 Å². The molecule has 1 aromatic rings. The number of amides is 3. The minimum absolute atomic E-state index is 0.0360. The molecule has 1 spiro atoms. The lowest BCUT2D eigenvalue weighted by molar-refractivity contribution is -0.140. The van der Waals surface area contributed by atoms with Gasteiger partial charge in [-0.25, -0.2) is 10.3 Å². The predicted molar refractivity (Wildman–Crippen MR) is 90.2 cm³/mol. The van der Waals surface area contributed by atoms with Crippen LogP contribution < -0.4 is 11.2 Å². The van der Waals surface area contributed by atoms with Crippen LogP contribution in [-0.4, -0.2) is 60.1 Å². The second-order valence-corrected chi connectivity index (χ2v) is 8.26. The average Bonchev–Trinajstić information content (AvgIpc) is 3.07. The molecule has 12 nitrogen and oxygen atoms in total. The molecular formula is C15H20N4O8S. The highest BCUT2D eigenvalue weighted by Gasteiger charge is 2.65. The van der Waals surface area contributed by atoms with E-state index in [9.17, 15) is 18.0 Å². The molecule has 3 aliphatic rings. The topological polar surface area (TPSA) is 165 Å². The van der Waals surface area contributed by atoms with Crippen LogP contribution in [0.1, 0.15) is 31.1 Å². The van der Waals surface area contributed by atoms with Crippen molar-refractivity contribution in [3.8, 4) is 0 Å². The second-order valence-electron chi connectivity index (χ2n) is 7.26. The van der Waals surface area contributed by atoms with Crippen molar-refractivity contribution in [2.75, 3.05) is 13.2 Å². The van der Waals surface area contributed by atoms with Crippen molar-refractivity contribution in [2.45, 2.75) is 37.4 Å². The third kappa shape index (κ3) is 3.46. The van der Waals surface area contributed by atoms with E-state index in [1.165, 1.54) is 11.2 Å². The molecule has 2 aliphatic heterocycles. The minimum Gasteiger partial charge on any atom is -0.468 e. The van der Waals surface area contributed by atoms with Crippen molar-refractivity contribution >= 4 is 22.3 Å². The van der Waals surface area contributed by atoms with Crippen LogP contribution in [0, 0.1) is 5.41 Å². The van der Waals surface area contributed by atoms with E-state index >= 15 is 0 Å². The van der Waals surface area contributed by atoms with Crippen molar-refractivity contribution < 1.29 is 36.1 Å². The summed E-state index contributed by atoms with van der Waals surface area (Å²) in [6.07, 6.45) is 3.26. The summed E-state index contributed by atoms with van der Waals surface area (Å²) in [5.41, 5.74) is 7.76. The molecule has 2 saturated heterocycles. The van der Waals surface area contributed by atoms with Crippen molar-refractivity contribution in [3.05, 3.63) is 24.2 Å². The zero-order valence-electron chi connectivity index (χ0n) is 14.7. The molecule has 1 aromatic heterocycles. The Morgan fingerprint density at radius 2 is 2.25 bits per heavy atom. The number of furan rings is 1. The number of hydrogen-bond donors (Lipinski definition) is 3. The molecule has 0 radical (unpaired) electrons. The maximum Gasteiger partial charge on any atom is 0.418 e. The van der Waals surface area contributed by atoms with Crippen LogP contribution in [0.3, 0.4) is 0 Å².